The van der Waals surface area contributed by atoms with Crippen molar-refractivity contribution in [2.75, 3.05) is 0 Å². The van der Waals surface area contributed by atoms with Crippen LogP contribution in [-0.2, 0) is 0 Å². The number of aromatic hydroxyl groups is 1. The van der Waals surface area contributed by atoms with Crippen LogP contribution in [0.1, 0.15) is 10.4 Å². The van der Waals surface area contributed by atoms with E-state index in [1.165, 1.54) is 12.1 Å². The summed E-state index contributed by atoms with van der Waals surface area (Å²) < 4.78 is 1.83. The van der Waals surface area contributed by atoms with Crippen molar-refractivity contribution in [1.29, 1.82) is 0 Å². The lowest BCUT2D eigenvalue weighted by Crippen LogP contribution is -1.97. The summed E-state index contributed by atoms with van der Waals surface area (Å²) in [4.78, 5) is 15.0. The average molecular weight is 254 g/mol. The Bertz CT molecular complexity index is 777. The minimum absolute atomic E-state index is 0.0547. The number of hydrogen-bond donors (Lipinski definition) is 2. The molecule has 2 N–H and O–H groups in total. The van der Waals surface area contributed by atoms with E-state index in [9.17, 15) is 9.90 Å². The molecule has 0 spiro atoms. The fourth-order valence-electron chi connectivity index (χ4n) is 2.05. The molecule has 2 aromatic heterocycles. The summed E-state index contributed by atoms with van der Waals surface area (Å²) in [5.74, 6) is -1.14. The zero-order chi connectivity index (χ0) is 13.4. The zero-order valence-electron chi connectivity index (χ0n) is 9.82. The number of pyridine rings is 1. The van der Waals surface area contributed by atoms with E-state index in [1.54, 1.807) is 18.5 Å². The smallest absolute Gasteiger partial charge is 0.335 e. The summed E-state index contributed by atoms with van der Waals surface area (Å²) in [5, 5.41) is 18.9. The van der Waals surface area contributed by atoms with Gasteiger partial charge in [0.05, 0.1) is 11.3 Å². The first kappa shape index (κ1) is 11.3. The standard InChI is InChI=1S/C14H10N2O3/c17-12-8-9(14(18)19)4-5-10(12)11-2-1-3-13-15-6-7-16(11)13/h1-8,17H,(H,18,19). The third-order valence-electron chi connectivity index (χ3n) is 2.95. The van der Waals surface area contributed by atoms with Crippen molar-refractivity contribution in [3.05, 3.63) is 54.4 Å². The molecule has 3 aromatic rings. The number of phenolic OH excluding ortho intramolecular Hbond substituents is 1. The van der Waals surface area contributed by atoms with E-state index < -0.39 is 5.97 Å². The fraction of sp³-hybridized carbons (Fsp3) is 0. The number of phenols is 1. The molecule has 0 atom stereocenters. The molecule has 0 saturated heterocycles. The van der Waals surface area contributed by atoms with Crippen molar-refractivity contribution in [3.8, 4) is 17.0 Å². The van der Waals surface area contributed by atoms with Gasteiger partial charge in [-0.05, 0) is 30.3 Å². The van der Waals surface area contributed by atoms with Crippen molar-refractivity contribution in [3.63, 3.8) is 0 Å². The van der Waals surface area contributed by atoms with E-state index in [4.69, 9.17) is 5.11 Å². The Kier molecular flexibility index (Phi) is 2.45. The van der Waals surface area contributed by atoms with Gasteiger partial charge in [-0.25, -0.2) is 9.78 Å². The van der Waals surface area contributed by atoms with Gasteiger partial charge in [0.1, 0.15) is 11.4 Å². The normalized spacial score (nSPS) is 10.7. The molecule has 0 amide bonds. The molecule has 1 aromatic carbocycles. The molecule has 0 unspecified atom stereocenters. The van der Waals surface area contributed by atoms with Crippen molar-refractivity contribution < 1.29 is 15.0 Å². The third-order valence-corrected chi connectivity index (χ3v) is 2.95. The van der Waals surface area contributed by atoms with E-state index in [0.29, 0.717) is 5.56 Å². The van der Waals surface area contributed by atoms with Crippen LogP contribution in [0.3, 0.4) is 0 Å². The molecule has 0 radical (unpaired) electrons. The lowest BCUT2D eigenvalue weighted by atomic mass is 10.1. The van der Waals surface area contributed by atoms with Crippen molar-refractivity contribution in [1.82, 2.24) is 9.38 Å². The van der Waals surface area contributed by atoms with Gasteiger partial charge in [0.25, 0.3) is 0 Å². The number of fused-ring (bicyclic) bond motifs is 1. The number of aromatic carboxylic acids is 1. The number of imidazole rings is 1. The molecule has 0 aliphatic rings. The Morgan fingerprint density at radius 3 is 2.79 bits per heavy atom. The molecule has 0 bridgehead atoms. The van der Waals surface area contributed by atoms with E-state index in [-0.39, 0.29) is 11.3 Å². The number of carboxylic acids is 1. The van der Waals surface area contributed by atoms with Crippen LogP contribution in [0.15, 0.2) is 48.8 Å². The summed E-state index contributed by atoms with van der Waals surface area (Å²) in [6, 6.07) is 9.83. The minimum atomic E-state index is -1.07. The highest BCUT2D eigenvalue weighted by Crippen LogP contribution is 2.30. The summed E-state index contributed by atoms with van der Waals surface area (Å²) >= 11 is 0. The van der Waals surface area contributed by atoms with Gasteiger partial charge in [-0.2, -0.15) is 0 Å². The largest absolute Gasteiger partial charge is 0.507 e. The molecule has 0 saturated carbocycles. The second kappa shape index (κ2) is 4.13. The lowest BCUT2D eigenvalue weighted by molar-refractivity contribution is 0.0696. The highest BCUT2D eigenvalue weighted by atomic mass is 16.4. The Hall–Kier alpha value is -2.82. The molecule has 0 fully saturated rings. The van der Waals surface area contributed by atoms with E-state index in [1.807, 2.05) is 22.6 Å². The predicted molar refractivity (Wildman–Crippen MR) is 69.3 cm³/mol. The highest BCUT2D eigenvalue weighted by Gasteiger charge is 2.11. The van der Waals surface area contributed by atoms with Crippen LogP contribution in [0.2, 0.25) is 0 Å². The maximum atomic E-state index is 10.8. The number of aromatic nitrogens is 2. The zero-order valence-corrected chi connectivity index (χ0v) is 9.82. The fourth-order valence-corrected chi connectivity index (χ4v) is 2.05. The first-order valence-corrected chi connectivity index (χ1v) is 5.65. The summed E-state index contributed by atoms with van der Waals surface area (Å²) in [7, 11) is 0. The summed E-state index contributed by atoms with van der Waals surface area (Å²) in [5.41, 5.74) is 2.14. The van der Waals surface area contributed by atoms with Crippen LogP contribution in [-0.4, -0.2) is 25.6 Å². The number of nitrogens with zero attached hydrogens (tertiary/aromatic N) is 2. The maximum Gasteiger partial charge on any atom is 0.335 e. The molecular weight excluding hydrogens is 244 g/mol. The van der Waals surface area contributed by atoms with Crippen LogP contribution >= 0.6 is 0 Å². The number of carboxylic acid groups (broad SMARTS) is 1. The van der Waals surface area contributed by atoms with E-state index >= 15 is 0 Å². The highest BCUT2D eigenvalue weighted by molar-refractivity contribution is 5.89. The van der Waals surface area contributed by atoms with Crippen LogP contribution < -0.4 is 0 Å². The molecule has 94 valence electrons. The molecule has 2 heterocycles. The topological polar surface area (TPSA) is 74.8 Å². The number of carbonyl (C=O) groups is 1. The Labute approximate surface area is 108 Å². The molecule has 0 aliphatic carbocycles. The van der Waals surface area contributed by atoms with Crippen molar-refractivity contribution >= 4 is 11.6 Å². The molecule has 5 nitrogen and oxygen atoms in total. The van der Waals surface area contributed by atoms with Gasteiger partial charge in [-0.1, -0.05) is 6.07 Å². The van der Waals surface area contributed by atoms with Crippen molar-refractivity contribution in [2.45, 2.75) is 0 Å². The van der Waals surface area contributed by atoms with Gasteiger partial charge in [-0.15, -0.1) is 0 Å². The van der Waals surface area contributed by atoms with Gasteiger partial charge in [0.2, 0.25) is 0 Å². The Morgan fingerprint density at radius 2 is 2.05 bits per heavy atom. The van der Waals surface area contributed by atoms with E-state index in [0.717, 1.165) is 11.3 Å². The third kappa shape index (κ3) is 1.81. The quantitative estimate of drug-likeness (QED) is 0.736. The van der Waals surface area contributed by atoms with Crippen LogP contribution in [0.4, 0.5) is 0 Å². The number of hydrogen-bond acceptors (Lipinski definition) is 3. The Balaban J connectivity index is 2.22. The van der Waals surface area contributed by atoms with Crippen LogP contribution in [0, 0.1) is 0 Å². The van der Waals surface area contributed by atoms with Crippen LogP contribution in [0.25, 0.3) is 16.9 Å². The second-order valence-corrected chi connectivity index (χ2v) is 4.10. The van der Waals surface area contributed by atoms with E-state index in [2.05, 4.69) is 4.98 Å². The van der Waals surface area contributed by atoms with Gasteiger partial charge in [-0.3, -0.25) is 4.40 Å². The summed E-state index contributed by atoms with van der Waals surface area (Å²) in [6.45, 7) is 0. The lowest BCUT2D eigenvalue weighted by Gasteiger charge is -2.08. The molecule has 0 aliphatic heterocycles. The first-order chi connectivity index (χ1) is 9.16. The average Bonchev–Trinajstić information content (AvgIpc) is 2.86. The second-order valence-electron chi connectivity index (χ2n) is 4.10. The minimum Gasteiger partial charge on any atom is -0.507 e. The van der Waals surface area contributed by atoms with Gasteiger partial charge < -0.3 is 10.2 Å². The van der Waals surface area contributed by atoms with Gasteiger partial charge >= 0.3 is 5.97 Å². The number of benzene rings is 1. The van der Waals surface area contributed by atoms with Crippen LogP contribution in [0.5, 0.6) is 5.75 Å². The van der Waals surface area contributed by atoms with Gasteiger partial charge in [0.15, 0.2) is 0 Å². The molecular formula is C14H10N2O3. The first-order valence-electron chi connectivity index (χ1n) is 5.65. The maximum absolute atomic E-state index is 10.8. The summed E-state index contributed by atoms with van der Waals surface area (Å²) in [6.07, 6.45) is 3.46. The van der Waals surface area contributed by atoms with Gasteiger partial charge in [0, 0.05) is 18.0 Å². The SMILES string of the molecule is O=C(O)c1ccc(-c2cccc3nccn23)c(O)c1. The molecule has 5 heteroatoms. The van der Waals surface area contributed by atoms with Crippen molar-refractivity contribution in [2.24, 2.45) is 0 Å². The Morgan fingerprint density at radius 1 is 1.21 bits per heavy atom. The predicted octanol–water partition coefficient (Wildman–Crippen LogP) is 2.41. The molecule has 19 heavy (non-hydrogen) atoms. The monoisotopic (exact) mass is 254 g/mol. The molecule has 3 rings (SSSR count). The number of rotatable bonds is 2.